The Balaban J connectivity index is 1.86. The van der Waals surface area contributed by atoms with Gasteiger partial charge in [0.1, 0.15) is 0 Å². The number of aromatic nitrogens is 1. The van der Waals surface area contributed by atoms with Gasteiger partial charge in [-0.25, -0.2) is 0 Å². The van der Waals surface area contributed by atoms with Crippen molar-refractivity contribution in [3.05, 3.63) is 34.1 Å². The Bertz CT molecular complexity index is 778. The average Bonchev–Trinajstić information content (AvgIpc) is 3.01. The Kier molecular flexibility index (Phi) is 2.52. The van der Waals surface area contributed by atoms with E-state index in [2.05, 4.69) is 14.5 Å². The molecule has 1 saturated carbocycles. The number of ether oxygens (including phenoxy) is 2. The topological polar surface area (TPSA) is 51.3 Å². The van der Waals surface area contributed by atoms with Gasteiger partial charge in [-0.1, -0.05) is 12.8 Å². The van der Waals surface area contributed by atoms with Crippen LogP contribution in [-0.4, -0.2) is 11.3 Å². The summed E-state index contributed by atoms with van der Waals surface area (Å²) in [5, 5.41) is 0.330. The van der Waals surface area contributed by atoms with Crippen LogP contribution in [0.5, 0.6) is 11.5 Å². The van der Waals surface area contributed by atoms with Crippen molar-refractivity contribution in [2.45, 2.75) is 37.9 Å². The second-order valence-electron chi connectivity index (χ2n) is 5.58. The molecule has 6 heteroatoms. The molecular formula is C15H13F2NO3. The minimum absolute atomic E-state index is 0.0493. The highest BCUT2D eigenvalue weighted by atomic mass is 19.3. The molecule has 0 amide bonds. The van der Waals surface area contributed by atoms with Gasteiger partial charge in [0, 0.05) is 23.2 Å². The van der Waals surface area contributed by atoms with Gasteiger partial charge in [0.25, 0.3) is 0 Å². The summed E-state index contributed by atoms with van der Waals surface area (Å²) in [5.41, 5.74) is 1.19. The number of hydrogen-bond acceptors (Lipinski definition) is 3. The summed E-state index contributed by atoms with van der Waals surface area (Å²) >= 11 is 0. The molecule has 2 heterocycles. The third-order valence-electron chi connectivity index (χ3n) is 4.17. The van der Waals surface area contributed by atoms with Crippen LogP contribution in [0.3, 0.4) is 0 Å². The molecule has 2 aromatic rings. The van der Waals surface area contributed by atoms with Crippen LogP contribution in [-0.2, 0) is 0 Å². The SMILES string of the molecule is O=c1cc(C2CCCC2)[nH]c2cc3c(cc12)OC(F)(F)O3. The van der Waals surface area contributed by atoms with E-state index >= 15 is 0 Å². The van der Waals surface area contributed by atoms with E-state index in [1.807, 2.05) is 0 Å². The maximum absolute atomic E-state index is 13.1. The molecule has 0 spiro atoms. The molecule has 1 N–H and O–H groups in total. The summed E-state index contributed by atoms with van der Waals surface area (Å²) in [5.74, 6) is 0.187. The molecule has 110 valence electrons. The first-order chi connectivity index (χ1) is 10.0. The van der Waals surface area contributed by atoms with Crippen LogP contribution in [0.1, 0.15) is 37.3 Å². The number of H-pyrrole nitrogens is 1. The van der Waals surface area contributed by atoms with Gasteiger partial charge in [-0.2, -0.15) is 0 Å². The van der Waals surface area contributed by atoms with E-state index in [4.69, 9.17) is 0 Å². The van der Waals surface area contributed by atoms with Crippen LogP contribution < -0.4 is 14.9 Å². The van der Waals surface area contributed by atoms with Crippen molar-refractivity contribution in [2.24, 2.45) is 0 Å². The fraction of sp³-hybridized carbons (Fsp3) is 0.400. The maximum Gasteiger partial charge on any atom is 0.586 e. The molecule has 1 aliphatic heterocycles. The number of fused-ring (bicyclic) bond motifs is 2. The molecule has 1 fully saturated rings. The first-order valence-corrected chi connectivity index (χ1v) is 6.99. The molecule has 2 aliphatic rings. The van der Waals surface area contributed by atoms with Crippen LogP contribution in [0, 0.1) is 0 Å². The normalized spacial score (nSPS) is 20.3. The summed E-state index contributed by atoms with van der Waals surface area (Å²) in [4.78, 5) is 15.4. The van der Waals surface area contributed by atoms with Gasteiger partial charge in [-0.05, 0) is 24.8 Å². The lowest BCUT2D eigenvalue weighted by molar-refractivity contribution is -0.286. The molecule has 0 bridgehead atoms. The quantitative estimate of drug-likeness (QED) is 0.875. The molecule has 1 aliphatic carbocycles. The zero-order valence-electron chi connectivity index (χ0n) is 11.1. The standard InChI is InChI=1S/C15H13F2NO3/c16-15(17)20-13-5-9-11(7-14(13)21-15)18-10(6-12(9)19)8-3-1-2-4-8/h5-8H,1-4H2,(H,18,19). The van der Waals surface area contributed by atoms with E-state index in [0.717, 1.165) is 31.4 Å². The lowest BCUT2D eigenvalue weighted by Gasteiger charge is -2.10. The Labute approximate surface area is 118 Å². The summed E-state index contributed by atoms with van der Waals surface area (Å²) in [6.07, 6.45) is 0.724. The van der Waals surface area contributed by atoms with Crippen molar-refractivity contribution in [3.63, 3.8) is 0 Å². The van der Waals surface area contributed by atoms with Gasteiger partial charge in [0.05, 0.1) is 5.52 Å². The molecule has 1 aromatic carbocycles. The molecule has 4 nitrogen and oxygen atoms in total. The van der Waals surface area contributed by atoms with Crippen molar-refractivity contribution in [1.29, 1.82) is 0 Å². The van der Waals surface area contributed by atoms with Gasteiger partial charge >= 0.3 is 6.29 Å². The van der Waals surface area contributed by atoms with Gasteiger partial charge in [-0.15, -0.1) is 8.78 Å². The van der Waals surface area contributed by atoms with E-state index in [1.54, 1.807) is 6.07 Å². The number of benzene rings is 1. The van der Waals surface area contributed by atoms with E-state index in [0.29, 0.717) is 16.8 Å². The van der Waals surface area contributed by atoms with Crippen molar-refractivity contribution >= 4 is 10.9 Å². The smallest absolute Gasteiger partial charge is 0.395 e. The Morgan fingerprint density at radius 2 is 1.76 bits per heavy atom. The second-order valence-corrected chi connectivity index (χ2v) is 5.58. The Morgan fingerprint density at radius 3 is 2.48 bits per heavy atom. The fourth-order valence-electron chi connectivity index (χ4n) is 3.17. The summed E-state index contributed by atoms with van der Waals surface area (Å²) in [7, 11) is 0. The molecule has 0 saturated heterocycles. The number of nitrogens with one attached hydrogen (secondary N) is 1. The highest BCUT2D eigenvalue weighted by Crippen LogP contribution is 2.42. The average molecular weight is 293 g/mol. The number of hydrogen-bond donors (Lipinski definition) is 1. The molecule has 21 heavy (non-hydrogen) atoms. The maximum atomic E-state index is 13.1. The van der Waals surface area contributed by atoms with Crippen LogP contribution in [0.25, 0.3) is 10.9 Å². The third-order valence-corrected chi connectivity index (χ3v) is 4.17. The minimum atomic E-state index is -3.67. The van der Waals surface area contributed by atoms with E-state index in [1.165, 1.54) is 12.1 Å². The summed E-state index contributed by atoms with van der Waals surface area (Å²) in [6, 6.07) is 4.28. The molecule has 0 atom stereocenters. The van der Waals surface area contributed by atoms with E-state index < -0.39 is 6.29 Å². The van der Waals surface area contributed by atoms with Gasteiger partial charge in [0.15, 0.2) is 16.9 Å². The van der Waals surface area contributed by atoms with Crippen molar-refractivity contribution in [2.75, 3.05) is 0 Å². The van der Waals surface area contributed by atoms with E-state index in [9.17, 15) is 13.6 Å². The van der Waals surface area contributed by atoms with Gasteiger partial charge < -0.3 is 14.5 Å². The molecule has 1 aromatic heterocycles. The number of pyridine rings is 1. The summed E-state index contributed by atoms with van der Waals surface area (Å²) < 4.78 is 35.0. The van der Waals surface area contributed by atoms with Crippen LogP contribution in [0.15, 0.2) is 23.0 Å². The second kappa shape index (κ2) is 4.19. The Morgan fingerprint density at radius 1 is 1.10 bits per heavy atom. The molecule has 0 unspecified atom stereocenters. The van der Waals surface area contributed by atoms with Gasteiger partial charge in [0.2, 0.25) is 0 Å². The lowest BCUT2D eigenvalue weighted by Crippen LogP contribution is -2.25. The van der Waals surface area contributed by atoms with Crippen LogP contribution in [0.4, 0.5) is 8.78 Å². The van der Waals surface area contributed by atoms with Crippen LogP contribution >= 0.6 is 0 Å². The number of rotatable bonds is 1. The highest BCUT2D eigenvalue weighted by Gasteiger charge is 2.43. The first-order valence-electron chi connectivity index (χ1n) is 6.99. The monoisotopic (exact) mass is 293 g/mol. The predicted molar refractivity (Wildman–Crippen MR) is 72.0 cm³/mol. The largest absolute Gasteiger partial charge is 0.586 e. The van der Waals surface area contributed by atoms with Crippen molar-refractivity contribution in [3.8, 4) is 11.5 Å². The highest BCUT2D eigenvalue weighted by molar-refractivity contribution is 5.83. The molecule has 0 radical (unpaired) electrons. The lowest BCUT2D eigenvalue weighted by atomic mass is 10.0. The zero-order chi connectivity index (χ0) is 14.6. The van der Waals surface area contributed by atoms with E-state index in [-0.39, 0.29) is 16.9 Å². The Hall–Kier alpha value is -2.11. The predicted octanol–water partition coefficient (Wildman–Crippen LogP) is 3.51. The first kappa shape index (κ1) is 12.6. The number of alkyl halides is 2. The number of aromatic amines is 1. The summed E-state index contributed by atoms with van der Waals surface area (Å²) in [6.45, 7) is 0. The third kappa shape index (κ3) is 2.05. The van der Waals surface area contributed by atoms with Crippen LogP contribution in [0.2, 0.25) is 0 Å². The molecular weight excluding hydrogens is 280 g/mol. The number of halogens is 2. The fourth-order valence-corrected chi connectivity index (χ4v) is 3.17. The van der Waals surface area contributed by atoms with Crippen molar-refractivity contribution < 1.29 is 18.3 Å². The van der Waals surface area contributed by atoms with Gasteiger partial charge in [-0.3, -0.25) is 4.79 Å². The minimum Gasteiger partial charge on any atom is -0.395 e. The van der Waals surface area contributed by atoms with Crippen molar-refractivity contribution in [1.82, 2.24) is 4.98 Å². The zero-order valence-corrected chi connectivity index (χ0v) is 11.1. The molecule has 4 rings (SSSR count).